The van der Waals surface area contributed by atoms with E-state index in [0.717, 1.165) is 16.0 Å². The number of carboxylic acid groups (broad SMARTS) is 1. The number of phenols is 1. The minimum absolute atomic E-state index is 0.139. The van der Waals surface area contributed by atoms with Crippen molar-refractivity contribution in [1.82, 2.24) is 4.31 Å². The van der Waals surface area contributed by atoms with Gasteiger partial charge in [0.1, 0.15) is 11.3 Å². The van der Waals surface area contributed by atoms with Gasteiger partial charge in [-0.3, -0.25) is 4.79 Å². The van der Waals surface area contributed by atoms with Crippen molar-refractivity contribution in [3.05, 3.63) is 89.0 Å². The molecule has 37 heavy (non-hydrogen) atoms. The van der Waals surface area contributed by atoms with Gasteiger partial charge in [-0.15, -0.1) is 0 Å². The Labute approximate surface area is 223 Å². The summed E-state index contributed by atoms with van der Waals surface area (Å²) in [7, 11) is 1.87. The van der Waals surface area contributed by atoms with Crippen LogP contribution < -0.4 is 4.90 Å². The van der Waals surface area contributed by atoms with Gasteiger partial charge in [0.15, 0.2) is 0 Å². The van der Waals surface area contributed by atoms with Crippen LogP contribution in [0.15, 0.2) is 71.6 Å². The number of likely N-dealkylation sites (N-methyl/N-ethyl adjacent to an activating group) is 1. The fourth-order valence-corrected chi connectivity index (χ4v) is 5.78. The Balaban J connectivity index is 1.54. The van der Waals surface area contributed by atoms with Gasteiger partial charge in [0, 0.05) is 16.6 Å². The second kappa shape index (κ2) is 12.3. The van der Waals surface area contributed by atoms with Gasteiger partial charge >= 0.3 is 5.97 Å². The summed E-state index contributed by atoms with van der Waals surface area (Å²) in [5.74, 6) is -1.12. The molecule has 0 radical (unpaired) electrons. The van der Waals surface area contributed by atoms with Crippen LogP contribution in [0.5, 0.6) is 5.75 Å². The number of benzene rings is 3. The highest BCUT2D eigenvalue weighted by Gasteiger charge is 2.22. The standard InChI is InChI=1S/C30H34N2O4S/c1-21-7-6-10-26(17-21)37-31(2)20-29(34)32(25-15-16-27(30(35)36)28(33)18-25)19-22-11-13-24(14-12-22)23-8-4-3-5-9-23/h6-7,10-18,23,33H,3-5,8-9,19-20H2,1-2H3,(H,35,36). The first-order valence-corrected chi connectivity index (χ1v) is 13.5. The Bertz CT molecular complexity index is 1240. The Morgan fingerprint density at radius 2 is 1.70 bits per heavy atom. The Hall–Kier alpha value is -3.29. The third-order valence-corrected chi connectivity index (χ3v) is 7.74. The van der Waals surface area contributed by atoms with Crippen molar-refractivity contribution in [2.45, 2.75) is 56.4 Å². The predicted octanol–water partition coefficient (Wildman–Crippen LogP) is 6.62. The minimum atomic E-state index is -1.21. The van der Waals surface area contributed by atoms with E-state index in [-0.39, 0.29) is 23.8 Å². The van der Waals surface area contributed by atoms with Crippen molar-refractivity contribution in [3.8, 4) is 5.75 Å². The van der Waals surface area contributed by atoms with Crippen molar-refractivity contribution in [2.75, 3.05) is 18.5 Å². The van der Waals surface area contributed by atoms with Crippen molar-refractivity contribution in [3.63, 3.8) is 0 Å². The highest BCUT2D eigenvalue weighted by Crippen LogP contribution is 2.33. The molecule has 0 saturated heterocycles. The van der Waals surface area contributed by atoms with Gasteiger partial charge in [-0.05, 0) is 85.6 Å². The summed E-state index contributed by atoms with van der Waals surface area (Å²) in [5, 5.41) is 19.6. The van der Waals surface area contributed by atoms with Crippen LogP contribution in [-0.4, -0.2) is 40.0 Å². The average molecular weight is 519 g/mol. The molecule has 7 heteroatoms. The van der Waals surface area contributed by atoms with Crippen LogP contribution in [0, 0.1) is 6.92 Å². The molecule has 0 bridgehead atoms. The molecule has 194 valence electrons. The highest BCUT2D eigenvalue weighted by molar-refractivity contribution is 7.97. The van der Waals surface area contributed by atoms with Gasteiger partial charge in [-0.1, -0.05) is 55.7 Å². The number of aromatic hydroxyl groups is 1. The molecule has 3 aromatic rings. The van der Waals surface area contributed by atoms with Crippen molar-refractivity contribution in [2.24, 2.45) is 0 Å². The summed E-state index contributed by atoms with van der Waals surface area (Å²) in [6.45, 7) is 2.49. The summed E-state index contributed by atoms with van der Waals surface area (Å²) in [6, 6.07) is 20.8. The van der Waals surface area contributed by atoms with Gasteiger partial charge in [0.25, 0.3) is 0 Å². The van der Waals surface area contributed by atoms with E-state index in [2.05, 4.69) is 30.3 Å². The Morgan fingerprint density at radius 1 is 0.973 bits per heavy atom. The molecule has 1 amide bonds. The molecule has 4 rings (SSSR count). The summed E-state index contributed by atoms with van der Waals surface area (Å²) in [6.07, 6.45) is 6.32. The number of carboxylic acids is 1. The Morgan fingerprint density at radius 3 is 2.35 bits per heavy atom. The topological polar surface area (TPSA) is 81.1 Å². The normalized spacial score (nSPS) is 14.0. The number of nitrogens with zero attached hydrogens (tertiary/aromatic N) is 2. The van der Waals surface area contributed by atoms with Crippen LogP contribution in [0.4, 0.5) is 5.69 Å². The van der Waals surface area contributed by atoms with Gasteiger partial charge in [0.05, 0.1) is 13.1 Å². The number of amides is 1. The van der Waals surface area contributed by atoms with E-state index >= 15 is 0 Å². The number of aryl methyl sites for hydroxylation is 1. The first-order chi connectivity index (χ1) is 17.8. The maximum absolute atomic E-state index is 13.5. The first kappa shape index (κ1) is 26.8. The van der Waals surface area contributed by atoms with Crippen LogP contribution in [0.2, 0.25) is 0 Å². The minimum Gasteiger partial charge on any atom is -0.507 e. The molecule has 6 nitrogen and oxygen atoms in total. The quantitative estimate of drug-likeness (QED) is 0.310. The molecule has 2 N–H and O–H groups in total. The molecular formula is C30H34N2O4S. The third-order valence-electron chi connectivity index (χ3n) is 6.83. The van der Waals surface area contributed by atoms with Crippen LogP contribution >= 0.6 is 11.9 Å². The molecule has 0 heterocycles. The molecule has 0 atom stereocenters. The zero-order valence-electron chi connectivity index (χ0n) is 21.4. The zero-order valence-corrected chi connectivity index (χ0v) is 22.2. The number of hydrogen-bond donors (Lipinski definition) is 2. The molecule has 0 aliphatic heterocycles. The smallest absolute Gasteiger partial charge is 0.339 e. The van der Waals surface area contributed by atoms with E-state index in [4.69, 9.17) is 0 Å². The highest BCUT2D eigenvalue weighted by atomic mass is 32.2. The summed E-state index contributed by atoms with van der Waals surface area (Å²) >= 11 is 1.49. The van der Waals surface area contributed by atoms with Crippen molar-refractivity contribution in [1.29, 1.82) is 0 Å². The van der Waals surface area contributed by atoms with Crippen LogP contribution in [0.1, 0.15) is 65.1 Å². The van der Waals surface area contributed by atoms with Gasteiger partial charge in [0.2, 0.25) is 5.91 Å². The van der Waals surface area contributed by atoms with E-state index < -0.39 is 5.97 Å². The maximum Gasteiger partial charge on any atom is 0.339 e. The van der Waals surface area contributed by atoms with Crippen LogP contribution in [0.25, 0.3) is 0 Å². The van der Waals surface area contributed by atoms with E-state index in [9.17, 15) is 19.8 Å². The van der Waals surface area contributed by atoms with E-state index in [1.807, 2.05) is 36.5 Å². The summed E-state index contributed by atoms with van der Waals surface area (Å²) in [5.41, 5.74) is 3.73. The number of carbonyl (C=O) groups excluding carboxylic acids is 1. The van der Waals surface area contributed by atoms with Crippen LogP contribution in [-0.2, 0) is 11.3 Å². The molecule has 0 spiro atoms. The fraction of sp³-hybridized carbons (Fsp3) is 0.333. The number of carbonyl (C=O) groups is 2. The number of anilines is 1. The van der Waals surface area contributed by atoms with Crippen LogP contribution in [0.3, 0.4) is 0 Å². The van der Waals surface area contributed by atoms with Gasteiger partial charge in [-0.25, -0.2) is 9.10 Å². The molecule has 1 fully saturated rings. The molecule has 3 aromatic carbocycles. The van der Waals surface area contributed by atoms with Gasteiger partial charge < -0.3 is 15.1 Å². The predicted molar refractivity (Wildman–Crippen MR) is 148 cm³/mol. The molecule has 1 saturated carbocycles. The number of hydrogen-bond acceptors (Lipinski definition) is 5. The lowest BCUT2D eigenvalue weighted by Gasteiger charge is -2.26. The Kier molecular flexibility index (Phi) is 8.90. The molecule has 0 unspecified atom stereocenters. The summed E-state index contributed by atoms with van der Waals surface area (Å²) < 4.78 is 1.88. The largest absolute Gasteiger partial charge is 0.507 e. The SMILES string of the molecule is Cc1cccc(SN(C)CC(=O)N(Cc2ccc(C3CCCCC3)cc2)c2ccc(C(=O)O)c(O)c2)c1. The van der Waals surface area contributed by atoms with Crippen molar-refractivity contribution >= 4 is 29.5 Å². The van der Waals surface area contributed by atoms with E-state index in [1.165, 1.54) is 61.7 Å². The lowest BCUT2D eigenvalue weighted by atomic mass is 9.84. The number of rotatable bonds is 9. The fourth-order valence-electron chi connectivity index (χ4n) is 4.87. The summed E-state index contributed by atoms with van der Waals surface area (Å²) in [4.78, 5) is 27.6. The van der Waals surface area contributed by atoms with Gasteiger partial charge in [-0.2, -0.15) is 0 Å². The average Bonchev–Trinajstić information content (AvgIpc) is 2.87. The lowest BCUT2D eigenvalue weighted by Crippen LogP contribution is -2.36. The molecule has 1 aliphatic rings. The van der Waals surface area contributed by atoms with E-state index in [1.54, 1.807) is 11.0 Å². The monoisotopic (exact) mass is 518 g/mol. The molecular weight excluding hydrogens is 484 g/mol. The van der Waals surface area contributed by atoms with E-state index in [0.29, 0.717) is 18.2 Å². The van der Waals surface area contributed by atoms with Crippen molar-refractivity contribution < 1.29 is 19.8 Å². The second-order valence-electron chi connectivity index (χ2n) is 9.76. The first-order valence-electron chi connectivity index (χ1n) is 12.7. The maximum atomic E-state index is 13.5. The molecule has 0 aromatic heterocycles. The third kappa shape index (κ3) is 7.14. The zero-order chi connectivity index (χ0) is 26.4. The number of aromatic carboxylic acids is 1. The lowest BCUT2D eigenvalue weighted by molar-refractivity contribution is -0.118. The molecule has 1 aliphatic carbocycles. The second-order valence-corrected chi connectivity index (χ2v) is 11.0.